The molecular weight excluding hydrogens is 380 g/mol. The minimum Gasteiger partial charge on any atom is -0.494 e. The van der Waals surface area contributed by atoms with Crippen molar-refractivity contribution in [1.82, 2.24) is 10.9 Å². The molecule has 1 unspecified atom stereocenters. The summed E-state index contributed by atoms with van der Waals surface area (Å²) in [6, 6.07) is 14.4. The summed E-state index contributed by atoms with van der Waals surface area (Å²) in [4.78, 5) is 24.5. The van der Waals surface area contributed by atoms with E-state index in [9.17, 15) is 9.59 Å². The van der Waals surface area contributed by atoms with E-state index >= 15 is 0 Å². The molecule has 0 fully saturated rings. The van der Waals surface area contributed by atoms with Crippen LogP contribution >= 0.6 is 0 Å². The first kappa shape index (κ1) is 23.3. The Balaban J connectivity index is 1.79. The van der Waals surface area contributed by atoms with Crippen LogP contribution in [0.3, 0.4) is 0 Å². The molecule has 0 aliphatic rings. The predicted octanol–water partition coefficient (Wildman–Crippen LogP) is 4.46. The zero-order valence-electron chi connectivity index (χ0n) is 18.4. The van der Waals surface area contributed by atoms with Crippen LogP contribution in [0.5, 0.6) is 11.5 Å². The number of hydrogen-bond acceptors (Lipinski definition) is 4. The topological polar surface area (TPSA) is 76.7 Å². The van der Waals surface area contributed by atoms with E-state index in [0.29, 0.717) is 35.5 Å². The summed E-state index contributed by atoms with van der Waals surface area (Å²) in [6.07, 6.45) is 0.211. The van der Waals surface area contributed by atoms with E-state index in [4.69, 9.17) is 9.47 Å². The Labute approximate surface area is 178 Å². The molecule has 0 bridgehead atoms. The minimum absolute atomic E-state index is 0.412. The van der Waals surface area contributed by atoms with Gasteiger partial charge in [0, 0.05) is 5.56 Å². The van der Waals surface area contributed by atoms with Crippen molar-refractivity contribution in [3.05, 3.63) is 59.7 Å². The molecule has 2 aromatic carbocycles. The lowest BCUT2D eigenvalue weighted by molar-refractivity contribution is -0.128. The van der Waals surface area contributed by atoms with Crippen LogP contribution in [0.4, 0.5) is 0 Å². The maximum atomic E-state index is 12.2. The molecule has 6 nitrogen and oxygen atoms in total. The van der Waals surface area contributed by atoms with Gasteiger partial charge in [-0.3, -0.25) is 20.4 Å². The van der Waals surface area contributed by atoms with E-state index in [1.807, 2.05) is 24.3 Å². The van der Waals surface area contributed by atoms with Gasteiger partial charge in [-0.15, -0.1) is 0 Å². The van der Waals surface area contributed by atoms with Crippen LogP contribution in [0.25, 0.3) is 0 Å². The van der Waals surface area contributed by atoms with E-state index in [0.717, 1.165) is 6.42 Å². The lowest BCUT2D eigenvalue weighted by atomic mass is 10.0. The standard InChI is InChI=1S/C24H32N2O4/c1-16(2)14-15-29-21-10-8-20(9-11-21)24(28)26-25-23(27)18(5)30-22-12-6-19(7-13-22)17(3)4/h6-13,16-18H,14-15H2,1-5H3,(H,25,27)(H,26,28). The second-order valence-electron chi connectivity index (χ2n) is 7.98. The van der Waals surface area contributed by atoms with Crippen molar-refractivity contribution in [3.8, 4) is 11.5 Å². The molecule has 0 radical (unpaired) electrons. The Morgan fingerprint density at radius 3 is 2.00 bits per heavy atom. The predicted molar refractivity (Wildman–Crippen MR) is 118 cm³/mol. The van der Waals surface area contributed by atoms with Crippen LogP contribution in [0.1, 0.15) is 62.9 Å². The highest BCUT2D eigenvalue weighted by Gasteiger charge is 2.16. The molecular formula is C24H32N2O4. The number of carbonyl (C=O) groups is 2. The number of amides is 2. The van der Waals surface area contributed by atoms with Crippen molar-refractivity contribution in [3.63, 3.8) is 0 Å². The van der Waals surface area contributed by atoms with Gasteiger partial charge >= 0.3 is 0 Å². The van der Waals surface area contributed by atoms with Gasteiger partial charge in [0.05, 0.1) is 6.61 Å². The zero-order chi connectivity index (χ0) is 22.1. The summed E-state index contributed by atoms with van der Waals surface area (Å²) in [7, 11) is 0. The highest BCUT2D eigenvalue weighted by atomic mass is 16.5. The largest absolute Gasteiger partial charge is 0.494 e. The summed E-state index contributed by atoms with van der Waals surface area (Å²) in [5.74, 6) is 1.46. The molecule has 0 heterocycles. The third-order valence-corrected chi connectivity index (χ3v) is 4.61. The molecule has 2 aromatic rings. The summed E-state index contributed by atoms with van der Waals surface area (Å²) < 4.78 is 11.3. The highest BCUT2D eigenvalue weighted by molar-refractivity contribution is 5.95. The van der Waals surface area contributed by atoms with Gasteiger partial charge in [0.1, 0.15) is 11.5 Å². The lowest BCUT2D eigenvalue weighted by Crippen LogP contribution is -2.47. The van der Waals surface area contributed by atoms with Crippen molar-refractivity contribution >= 4 is 11.8 Å². The van der Waals surface area contributed by atoms with E-state index < -0.39 is 17.9 Å². The molecule has 2 N–H and O–H groups in total. The molecule has 0 aliphatic heterocycles. The molecule has 6 heteroatoms. The number of hydrazine groups is 1. The Morgan fingerprint density at radius 2 is 1.43 bits per heavy atom. The molecule has 2 rings (SSSR count). The Kier molecular flexibility index (Phi) is 8.71. The summed E-state index contributed by atoms with van der Waals surface area (Å²) >= 11 is 0. The maximum absolute atomic E-state index is 12.2. The highest BCUT2D eigenvalue weighted by Crippen LogP contribution is 2.19. The SMILES string of the molecule is CC(C)CCOc1ccc(C(=O)NNC(=O)C(C)Oc2ccc(C(C)C)cc2)cc1. The number of nitrogens with one attached hydrogen (secondary N) is 2. The van der Waals surface area contributed by atoms with Crippen LogP contribution in [0.2, 0.25) is 0 Å². The average molecular weight is 413 g/mol. The van der Waals surface area contributed by atoms with E-state index in [1.54, 1.807) is 31.2 Å². The van der Waals surface area contributed by atoms with Gasteiger partial charge in [0.25, 0.3) is 11.8 Å². The number of hydrogen-bond donors (Lipinski definition) is 2. The normalized spacial score (nSPS) is 11.8. The number of rotatable bonds is 9. The molecule has 30 heavy (non-hydrogen) atoms. The first-order chi connectivity index (χ1) is 14.3. The minimum atomic E-state index is -0.757. The molecule has 0 saturated heterocycles. The molecule has 0 aliphatic carbocycles. The van der Waals surface area contributed by atoms with Crippen molar-refractivity contribution in [2.75, 3.05) is 6.61 Å². The maximum Gasteiger partial charge on any atom is 0.279 e. The second kappa shape index (κ2) is 11.2. The fourth-order valence-electron chi connectivity index (χ4n) is 2.60. The summed E-state index contributed by atoms with van der Waals surface area (Å²) in [6.45, 7) is 10.8. The van der Waals surface area contributed by atoms with Gasteiger partial charge < -0.3 is 9.47 Å². The number of benzene rings is 2. The van der Waals surface area contributed by atoms with Gasteiger partial charge in [0.15, 0.2) is 6.10 Å². The quantitative estimate of drug-likeness (QED) is 0.596. The molecule has 1 atom stereocenters. The van der Waals surface area contributed by atoms with Crippen LogP contribution < -0.4 is 20.3 Å². The van der Waals surface area contributed by atoms with E-state index in [2.05, 4.69) is 38.5 Å². The number of ether oxygens (including phenoxy) is 2. The number of carbonyl (C=O) groups excluding carboxylic acids is 2. The Bertz CT molecular complexity index is 814. The van der Waals surface area contributed by atoms with Gasteiger partial charge in [-0.1, -0.05) is 39.8 Å². The van der Waals surface area contributed by atoms with Crippen molar-refractivity contribution in [1.29, 1.82) is 0 Å². The monoisotopic (exact) mass is 412 g/mol. The zero-order valence-corrected chi connectivity index (χ0v) is 18.4. The molecule has 0 saturated carbocycles. The van der Waals surface area contributed by atoms with Gasteiger partial charge in [-0.25, -0.2) is 0 Å². The molecule has 162 valence electrons. The molecule has 0 aromatic heterocycles. The smallest absolute Gasteiger partial charge is 0.279 e. The third-order valence-electron chi connectivity index (χ3n) is 4.61. The lowest BCUT2D eigenvalue weighted by Gasteiger charge is -2.16. The third kappa shape index (κ3) is 7.43. The molecule has 0 spiro atoms. The Hall–Kier alpha value is -3.02. The fraction of sp³-hybridized carbons (Fsp3) is 0.417. The van der Waals surface area contributed by atoms with Crippen molar-refractivity contribution < 1.29 is 19.1 Å². The van der Waals surface area contributed by atoms with Gasteiger partial charge in [-0.05, 0) is 67.1 Å². The van der Waals surface area contributed by atoms with Crippen LogP contribution in [0, 0.1) is 5.92 Å². The second-order valence-corrected chi connectivity index (χ2v) is 7.98. The first-order valence-electron chi connectivity index (χ1n) is 10.4. The van der Waals surface area contributed by atoms with E-state index in [-0.39, 0.29) is 0 Å². The van der Waals surface area contributed by atoms with Gasteiger partial charge in [-0.2, -0.15) is 0 Å². The molecule has 2 amide bonds. The Morgan fingerprint density at radius 1 is 0.833 bits per heavy atom. The first-order valence-corrected chi connectivity index (χ1v) is 10.4. The van der Waals surface area contributed by atoms with Crippen molar-refractivity contribution in [2.45, 2.75) is 53.1 Å². The van der Waals surface area contributed by atoms with Gasteiger partial charge in [0.2, 0.25) is 0 Å². The van der Waals surface area contributed by atoms with Crippen LogP contribution in [-0.2, 0) is 4.79 Å². The fourth-order valence-corrected chi connectivity index (χ4v) is 2.60. The summed E-state index contributed by atoms with van der Waals surface area (Å²) in [5.41, 5.74) is 6.42. The van der Waals surface area contributed by atoms with Crippen molar-refractivity contribution in [2.24, 2.45) is 5.92 Å². The van der Waals surface area contributed by atoms with E-state index in [1.165, 1.54) is 5.56 Å². The summed E-state index contributed by atoms with van der Waals surface area (Å²) in [5, 5.41) is 0. The average Bonchev–Trinajstić information content (AvgIpc) is 2.72. The van der Waals surface area contributed by atoms with Crippen LogP contribution in [0.15, 0.2) is 48.5 Å². The van der Waals surface area contributed by atoms with Crippen LogP contribution in [-0.4, -0.2) is 24.5 Å².